The van der Waals surface area contributed by atoms with E-state index in [1.165, 1.54) is 14.2 Å². The normalized spacial score (nSPS) is 13.9. The Balaban J connectivity index is 1.45. The maximum atomic E-state index is 13.5. The highest BCUT2D eigenvalue weighted by Crippen LogP contribution is 2.29. The number of benzene rings is 3. The van der Waals surface area contributed by atoms with Gasteiger partial charge in [-0.05, 0) is 60.5 Å². The summed E-state index contributed by atoms with van der Waals surface area (Å²) in [4.78, 5) is 44.0. The number of para-hydroxylation sites is 1. The molecule has 38 heavy (non-hydrogen) atoms. The summed E-state index contributed by atoms with van der Waals surface area (Å²) < 4.78 is 10.1. The zero-order valence-electron chi connectivity index (χ0n) is 21.8. The lowest BCUT2D eigenvalue weighted by atomic mass is 10.1. The molecule has 198 valence electrons. The second kappa shape index (κ2) is 11.8. The predicted octanol–water partition coefficient (Wildman–Crippen LogP) is 5.11. The minimum atomic E-state index is -0.433. The third-order valence-corrected chi connectivity index (χ3v) is 6.56. The average Bonchev–Trinajstić information content (AvgIpc) is 3.40. The van der Waals surface area contributed by atoms with Gasteiger partial charge in [-0.1, -0.05) is 28.9 Å². The summed E-state index contributed by atoms with van der Waals surface area (Å²) in [5.74, 6) is 0.434. The SMILES string of the molecule is COC(=O)c1ccc(O[N+]2(C(=O)Cc3ccc(NC(=O)Nc4ccccc4C)c(OC)c3)CCCC2)cc1. The molecule has 1 heterocycles. The van der Waals surface area contributed by atoms with Gasteiger partial charge in [0.2, 0.25) is 0 Å². The monoisotopic (exact) mass is 518 g/mol. The summed E-state index contributed by atoms with van der Waals surface area (Å²) in [5, 5.41) is 5.64. The molecule has 1 saturated heterocycles. The van der Waals surface area contributed by atoms with Crippen molar-refractivity contribution in [1.29, 1.82) is 0 Å². The van der Waals surface area contributed by atoms with Crippen LogP contribution in [0.15, 0.2) is 66.7 Å². The van der Waals surface area contributed by atoms with Crippen LogP contribution in [0.2, 0.25) is 0 Å². The van der Waals surface area contributed by atoms with Crippen molar-refractivity contribution in [2.75, 3.05) is 37.9 Å². The highest BCUT2D eigenvalue weighted by Gasteiger charge is 2.43. The van der Waals surface area contributed by atoms with E-state index in [0.717, 1.165) is 24.0 Å². The van der Waals surface area contributed by atoms with Gasteiger partial charge in [-0.25, -0.2) is 14.4 Å². The molecule has 0 spiro atoms. The number of rotatable bonds is 8. The van der Waals surface area contributed by atoms with Crippen molar-refractivity contribution in [1.82, 2.24) is 0 Å². The molecule has 9 nitrogen and oxygen atoms in total. The van der Waals surface area contributed by atoms with Crippen LogP contribution in [0.3, 0.4) is 0 Å². The van der Waals surface area contributed by atoms with Crippen LogP contribution < -0.4 is 20.2 Å². The van der Waals surface area contributed by atoms with Crippen molar-refractivity contribution in [3.8, 4) is 11.5 Å². The molecular formula is C29H32N3O6+. The smallest absolute Gasteiger partial charge is 0.359 e. The molecule has 1 fully saturated rings. The Morgan fingerprint density at radius 3 is 2.21 bits per heavy atom. The van der Waals surface area contributed by atoms with Crippen LogP contribution in [-0.4, -0.2) is 49.9 Å². The zero-order valence-corrected chi connectivity index (χ0v) is 21.8. The molecule has 2 N–H and O–H groups in total. The second-order valence-corrected chi connectivity index (χ2v) is 9.15. The van der Waals surface area contributed by atoms with Gasteiger partial charge in [-0.2, -0.15) is 0 Å². The van der Waals surface area contributed by atoms with Gasteiger partial charge >= 0.3 is 17.9 Å². The van der Waals surface area contributed by atoms with E-state index in [2.05, 4.69) is 10.6 Å². The number of urea groups is 1. The van der Waals surface area contributed by atoms with E-state index in [-0.39, 0.29) is 17.0 Å². The first-order valence-electron chi connectivity index (χ1n) is 12.4. The predicted molar refractivity (Wildman–Crippen MR) is 143 cm³/mol. The molecule has 0 aliphatic carbocycles. The molecular weight excluding hydrogens is 486 g/mol. The van der Waals surface area contributed by atoms with E-state index in [1.54, 1.807) is 42.5 Å². The first kappa shape index (κ1) is 26.7. The number of carbonyl (C=O) groups is 3. The Labute approximate surface area is 221 Å². The van der Waals surface area contributed by atoms with E-state index in [1.807, 2.05) is 31.2 Å². The van der Waals surface area contributed by atoms with Crippen LogP contribution in [0.1, 0.15) is 34.3 Å². The molecule has 0 aromatic heterocycles. The summed E-state index contributed by atoms with van der Waals surface area (Å²) in [6.07, 6.45) is 1.87. The standard InChI is InChI=1S/C29H31N3O6/c1-20-8-4-5-9-24(20)30-29(35)31-25-15-10-21(18-26(25)36-2)19-27(33)32(16-6-7-17-32)38-23-13-11-22(12-14-23)28(34)37-3/h4-5,8-15,18H,6-7,16-17,19H2,1-3H3,(H-,30,31,35)/p+1. The summed E-state index contributed by atoms with van der Waals surface area (Å²) >= 11 is 0. The van der Waals surface area contributed by atoms with Gasteiger partial charge < -0.3 is 24.9 Å². The van der Waals surface area contributed by atoms with Crippen molar-refractivity contribution in [3.63, 3.8) is 0 Å². The Hall–Kier alpha value is -4.37. The van der Waals surface area contributed by atoms with Crippen molar-refractivity contribution in [2.45, 2.75) is 26.2 Å². The first-order chi connectivity index (χ1) is 18.3. The number of hydroxylamine groups is 3. The molecule has 0 unspecified atom stereocenters. The number of nitrogens with one attached hydrogen (secondary N) is 2. The fourth-order valence-electron chi connectivity index (χ4n) is 4.47. The van der Waals surface area contributed by atoms with E-state index in [0.29, 0.717) is 41.5 Å². The largest absolute Gasteiger partial charge is 0.495 e. The number of carbonyl (C=O) groups excluding carboxylic acids is 3. The van der Waals surface area contributed by atoms with Crippen molar-refractivity contribution >= 4 is 29.3 Å². The van der Waals surface area contributed by atoms with E-state index in [4.69, 9.17) is 14.3 Å². The van der Waals surface area contributed by atoms with Gasteiger partial charge in [-0.3, -0.25) is 0 Å². The van der Waals surface area contributed by atoms with Gasteiger partial charge in [-0.15, -0.1) is 0 Å². The molecule has 3 aromatic rings. The molecule has 1 aliphatic rings. The molecule has 1 aliphatic heterocycles. The van der Waals surface area contributed by atoms with Crippen molar-refractivity contribution < 1.29 is 33.3 Å². The maximum Gasteiger partial charge on any atom is 0.359 e. The number of anilines is 2. The molecule has 9 heteroatoms. The van der Waals surface area contributed by atoms with Crippen LogP contribution in [-0.2, 0) is 16.0 Å². The van der Waals surface area contributed by atoms with E-state index in [9.17, 15) is 14.4 Å². The number of hydrogen-bond acceptors (Lipinski definition) is 6. The molecule has 0 radical (unpaired) electrons. The number of amides is 3. The quantitative estimate of drug-likeness (QED) is 0.317. The third-order valence-electron chi connectivity index (χ3n) is 6.56. The highest BCUT2D eigenvalue weighted by molar-refractivity contribution is 6.01. The van der Waals surface area contributed by atoms with Crippen LogP contribution in [0.25, 0.3) is 0 Å². The van der Waals surface area contributed by atoms with E-state index < -0.39 is 12.0 Å². The lowest BCUT2D eigenvalue weighted by Gasteiger charge is -2.29. The van der Waals surface area contributed by atoms with Gasteiger partial charge in [0.15, 0.2) is 5.75 Å². The maximum absolute atomic E-state index is 13.5. The van der Waals surface area contributed by atoms with Gasteiger partial charge in [0.1, 0.15) is 18.8 Å². The number of hydrogen-bond donors (Lipinski definition) is 2. The topological polar surface area (TPSA) is 103 Å². The number of methoxy groups -OCH3 is 2. The Morgan fingerprint density at radius 2 is 1.55 bits per heavy atom. The summed E-state index contributed by atoms with van der Waals surface area (Å²) in [6, 6.07) is 18.9. The number of aryl methyl sites for hydroxylation is 1. The first-order valence-corrected chi connectivity index (χ1v) is 12.4. The van der Waals surface area contributed by atoms with Crippen molar-refractivity contribution in [3.05, 3.63) is 83.4 Å². The molecule has 0 bridgehead atoms. The fraction of sp³-hybridized carbons (Fsp3) is 0.276. The summed E-state index contributed by atoms with van der Waals surface area (Å²) in [5.41, 5.74) is 3.30. The molecule has 0 atom stereocenters. The minimum absolute atomic E-state index is 0.0837. The fourth-order valence-corrected chi connectivity index (χ4v) is 4.47. The van der Waals surface area contributed by atoms with Gasteiger partial charge in [0, 0.05) is 18.5 Å². The lowest BCUT2D eigenvalue weighted by molar-refractivity contribution is -1.00. The number of esters is 1. The summed E-state index contributed by atoms with van der Waals surface area (Å²) in [6.45, 7) is 3.04. The summed E-state index contributed by atoms with van der Waals surface area (Å²) in [7, 11) is 2.84. The average molecular weight is 519 g/mol. The Bertz CT molecular complexity index is 1320. The van der Waals surface area contributed by atoms with Crippen LogP contribution in [0.4, 0.5) is 16.2 Å². The zero-order chi connectivity index (χ0) is 27.1. The number of likely N-dealkylation sites (tertiary alicyclic amines) is 1. The van der Waals surface area contributed by atoms with E-state index >= 15 is 0 Å². The number of quaternary nitrogens is 1. The Kier molecular flexibility index (Phi) is 8.28. The van der Waals surface area contributed by atoms with Crippen LogP contribution in [0, 0.1) is 6.92 Å². The molecule has 3 aromatic carbocycles. The third kappa shape index (κ3) is 6.12. The number of ether oxygens (including phenoxy) is 2. The molecule has 4 rings (SSSR count). The number of nitrogens with zero attached hydrogens (tertiary/aromatic N) is 1. The molecule has 3 amide bonds. The lowest BCUT2D eigenvalue weighted by Crippen LogP contribution is -2.53. The Morgan fingerprint density at radius 1 is 0.868 bits per heavy atom. The van der Waals surface area contributed by atoms with Gasteiger partial charge in [0.05, 0.1) is 31.9 Å². The molecule has 0 saturated carbocycles. The highest BCUT2D eigenvalue weighted by atomic mass is 16.7. The second-order valence-electron chi connectivity index (χ2n) is 9.15. The van der Waals surface area contributed by atoms with Gasteiger partial charge in [0.25, 0.3) is 0 Å². The van der Waals surface area contributed by atoms with Crippen LogP contribution >= 0.6 is 0 Å². The van der Waals surface area contributed by atoms with Crippen LogP contribution in [0.5, 0.6) is 11.5 Å². The van der Waals surface area contributed by atoms with Crippen molar-refractivity contribution in [2.24, 2.45) is 0 Å². The minimum Gasteiger partial charge on any atom is -0.495 e.